The molecule has 9 heteroatoms. The van der Waals surface area contributed by atoms with E-state index in [4.69, 9.17) is 0 Å². The third-order valence-electron chi connectivity index (χ3n) is 3.80. The van der Waals surface area contributed by atoms with Gasteiger partial charge in [0.25, 0.3) is 5.82 Å². The molecule has 2 heterocycles. The van der Waals surface area contributed by atoms with Crippen molar-refractivity contribution < 1.29 is 17.6 Å². The first kappa shape index (κ1) is 16.2. The molecule has 3 aromatic rings. The molecule has 0 aliphatic carbocycles. The quantitative estimate of drug-likeness (QED) is 0.686. The lowest BCUT2D eigenvalue weighted by Gasteiger charge is -2.26. The van der Waals surface area contributed by atoms with Gasteiger partial charge in [0.1, 0.15) is 11.6 Å². The third kappa shape index (κ3) is 2.89. The van der Waals surface area contributed by atoms with Crippen molar-refractivity contribution in [1.82, 2.24) is 19.8 Å². The third-order valence-corrected chi connectivity index (χ3v) is 3.80. The molecule has 0 aliphatic rings. The molecule has 0 fully saturated rings. The summed E-state index contributed by atoms with van der Waals surface area (Å²) in [5.41, 5.74) is 0.814. The standard InChI is InChI=1S/C15H13F4N5/c1-9(10-3-5-11(16)6-4-10)23(2)13-8-7-12-20-21-14(15(17,18)19)24(12)22-13/h3-9H,1-2H3/t9-/m1/s1. The van der Waals surface area contributed by atoms with Crippen molar-refractivity contribution in [2.75, 3.05) is 11.9 Å². The van der Waals surface area contributed by atoms with E-state index in [1.165, 1.54) is 18.2 Å². The molecule has 0 radical (unpaired) electrons. The van der Waals surface area contributed by atoms with Gasteiger partial charge in [-0.15, -0.1) is 15.3 Å². The van der Waals surface area contributed by atoms with Gasteiger partial charge in [0.2, 0.25) is 0 Å². The Balaban J connectivity index is 1.97. The van der Waals surface area contributed by atoms with Crippen molar-refractivity contribution in [3.05, 3.63) is 53.6 Å². The van der Waals surface area contributed by atoms with Crippen LogP contribution in [-0.4, -0.2) is 26.9 Å². The topological polar surface area (TPSA) is 46.3 Å². The van der Waals surface area contributed by atoms with Gasteiger partial charge in [-0.3, -0.25) is 0 Å². The van der Waals surface area contributed by atoms with E-state index in [9.17, 15) is 17.6 Å². The van der Waals surface area contributed by atoms with Crippen LogP contribution in [0.5, 0.6) is 0 Å². The average molecular weight is 339 g/mol. The number of hydrogen-bond donors (Lipinski definition) is 0. The number of fused-ring (bicyclic) bond motifs is 1. The Labute approximate surface area is 134 Å². The molecule has 3 rings (SSSR count). The highest BCUT2D eigenvalue weighted by atomic mass is 19.4. The average Bonchev–Trinajstić information content (AvgIpc) is 2.97. The summed E-state index contributed by atoms with van der Waals surface area (Å²) in [4.78, 5) is 1.69. The molecule has 5 nitrogen and oxygen atoms in total. The van der Waals surface area contributed by atoms with E-state index in [1.807, 2.05) is 6.92 Å². The van der Waals surface area contributed by atoms with E-state index in [0.717, 1.165) is 5.56 Å². The number of hydrogen-bond acceptors (Lipinski definition) is 4. The highest BCUT2D eigenvalue weighted by Crippen LogP contribution is 2.29. The van der Waals surface area contributed by atoms with Gasteiger partial charge in [0.05, 0.1) is 6.04 Å². The first-order valence-corrected chi connectivity index (χ1v) is 7.05. The number of rotatable bonds is 3. The van der Waals surface area contributed by atoms with Crippen LogP contribution >= 0.6 is 0 Å². The summed E-state index contributed by atoms with van der Waals surface area (Å²) in [6, 6.07) is 8.66. The minimum absolute atomic E-state index is 0.00825. The zero-order valence-corrected chi connectivity index (χ0v) is 12.8. The summed E-state index contributed by atoms with van der Waals surface area (Å²) in [6.45, 7) is 1.84. The van der Waals surface area contributed by atoms with Crippen molar-refractivity contribution in [2.45, 2.75) is 19.1 Å². The second-order valence-corrected chi connectivity index (χ2v) is 5.32. The van der Waals surface area contributed by atoms with Crippen LogP contribution in [0.3, 0.4) is 0 Å². The van der Waals surface area contributed by atoms with E-state index in [-0.39, 0.29) is 17.5 Å². The summed E-state index contributed by atoms with van der Waals surface area (Å²) in [7, 11) is 1.69. The molecule has 2 aromatic heterocycles. The van der Waals surface area contributed by atoms with Gasteiger partial charge in [-0.25, -0.2) is 4.39 Å². The van der Waals surface area contributed by atoms with Crippen LogP contribution < -0.4 is 4.90 Å². The van der Waals surface area contributed by atoms with Crippen LogP contribution in [0, 0.1) is 5.82 Å². The molecule has 0 bridgehead atoms. The smallest absolute Gasteiger partial charge is 0.351 e. The molecule has 0 unspecified atom stereocenters. The molecule has 0 saturated carbocycles. The molecular weight excluding hydrogens is 326 g/mol. The zero-order chi connectivity index (χ0) is 17.5. The number of alkyl halides is 3. The molecule has 0 amide bonds. The van der Waals surface area contributed by atoms with Crippen LogP contribution in [0.15, 0.2) is 36.4 Å². The largest absolute Gasteiger partial charge is 0.453 e. The Morgan fingerprint density at radius 1 is 1.04 bits per heavy atom. The van der Waals surface area contributed by atoms with E-state index in [2.05, 4.69) is 15.3 Å². The Hall–Kier alpha value is -2.71. The minimum Gasteiger partial charge on any atom is -0.351 e. The highest BCUT2D eigenvalue weighted by molar-refractivity contribution is 5.47. The molecule has 0 aliphatic heterocycles. The molecule has 0 saturated heterocycles. The summed E-state index contributed by atoms with van der Waals surface area (Å²) in [5, 5.41) is 10.6. The van der Waals surface area contributed by atoms with Crippen LogP contribution in [0.1, 0.15) is 24.4 Å². The fourth-order valence-electron chi connectivity index (χ4n) is 2.31. The summed E-state index contributed by atoms with van der Waals surface area (Å²) >= 11 is 0. The highest BCUT2D eigenvalue weighted by Gasteiger charge is 2.37. The molecule has 126 valence electrons. The van der Waals surface area contributed by atoms with E-state index in [1.54, 1.807) is 30.1 Å². The van der Waals surface area contributed by atoms with Crippen LogP contribution in [0.2, 0.25) is 0 Å². The van der Waals surface area contributed by atoms with Gasteiger partial charge in [0, 0.05) is 7.05 Å². The Morgan fingerprint density at radius 2 is 1.71 bits per heavy atom. The van der Waals surface area contributed by atoms with Gasteiger partial charge < -0.3 is 4.90 Å². The Kier molecular flexibility index (Phi) is 3.86. The van der Waals surface area contributed by atoms with Crippen molar-refractivity contribution in [3.63, 3.8) is 0 Å². The first-order valence-electron chi connectivity index (χ1n) is 7.05. The van der Waals surface area contributed by atoms with Crippen molar-refractivity contribution in [3.8, 4) is 0 Å². The Bertz CT molecular complexity index is 856. The lowest BCUT2D eigenvalue weighted by molar-refractivity contribution is -0.146. The lowest BCUT2D eigenvalue weighted by Crippen LogP contribution is -2.24. The van der Waals surface area contributed by atoms with Crippen LogP contribution in [0.25, 0.3) is 5.65 Å². The normalized spacial score (nSPS) is 13.2. The van der Waals surface area contributed by atoms with Gasteiger partial charge in [-0.2, -0.15) is 17.7 Å². The number of aromatic nitrogens is 4. The monoisotopic (exact) mass is 339 g/mol. The number of halogens is 4. The van der Waals surface area contributed by atoms with E-state index >= 15 is 0 Å². The van der Waals surface area contributed by atoms with Crippen molar-refractivity contribution in [1.29, 1.82) is 0 Å². The lowest BCUT2D eigenvalue weighted by atomic mass is 10.1. The molecule has 1 atom stereocenters. The van der Waals surface area contributed by atoms with Crippen LogP contribution in [0.4, 0.5) is 23.4 Å². The summed E-state index contributed by atoms with van der Waals surface area (Å²) in [6.07, 6.45) is -4.65. The number of anilines is 1. The zero-order valence-electron chi connectivity index (χ0n) is 12.8. The second-order valence-electron chi connectivity index (χ2n) is 5.32. The van der Waals surface area contributed by atoms with Crippen molar-refractivity contribution >= 4 is 11.5 Å². The van der Waals surface area contributed by atoms with E-state index < -0.39 is 12.0 Å². The van der Waals surface area contributed by atoms with Gasteiger partial charge in [-0.05, 0) is 36.8 Å². The SMILES string of the molecule is C[C@H](c1ccc(F)cc1)N(C)c1ccc2nnc(C(F)(F)F)n2n1. The number of benzene rings is 1. The molecule has 0 N–H and O–H groups in total. The fourth-order valence-corrected chi connectivity index (χ4v) is 2.31. The predicted octanol–water partition coefficient (Wildman–Crippen LogP) is 3.48. The Morgan fingerprint density at radius 3 is 2.33 bits per heavy atom. The van der Waals surface area contributed by atoms with Gasteiger partial charge in [-0.1, -0.05) is 12.1 Å². The molecule has 1 aromatic carbocycles. The molecule has 0 spiro atoms. The number of nitrogens with zero attached hydrogens (tertiary/aromatic N) is 5. The van der Waals surface area contributed by atoms with Gasteiger partial charge in [0.15, 0.2) is 5.65 Å². The van der Waals surface area contributed by atoms with Crippen molar-refractivity contribution in [2.24, 2.45) is 0 Å². The maximum absolute atomic E-state index is 13.0. The fraction of sp³-hybridized carbons (Fsp3) is 0.267. The molecule has 24 heavy (non-hydrogen) atoms. The summed E-state index contributed by atoms with van der Waals surface area (Å²) in [5.74, 6) is -1.22. The maximum atomic E-state index is 13.0. The summed E-state index contributed by atoms with van der Waals surface area (Å²) < 4.78 is 52.5. The molecular formula is C15H13F4N5. The predicted molar refractivity (Wildman–Crippen MR) is 79.0 cm³/mol. The second kappa shape index (κ2) is 5.73. The first-order chi connectivity index (χ1) is 11.3. The van der Waals surface area contributed by atoms with Gasteiger partial charge >= 0.3 is 6.18 Å². The maximum Gasteiger partial charge on any atom is 0.453 e. The minimum atomic E-state index is -4.65. The van der Waals surface area contributed by atoms with Crippen LogP contribution in [-0.2, 0) is 6.18 Å². The van der Waals surface area contributed by atoms with E-state index in [0.29, 0.717) is 10.3 Å².